The molecular weight excluding hydrogens is 364 g/mol. The van der Waals surface area contributed by atoms with Crippen LogP contribution in [0, 0.1) is 0 Å². The molecule has 2 heterocycles. The van der Waals surface area contributed by atoms with Gasteiger partial charge in [-0.2, -0.15) is 5.10 Å². The first kappa shape index (κ1) is 18.3. The van der Waals surface area contributed by atoms with Crippen molar-refractivity contribution in [1.82, 2.24) is 14.8 Å². The summed E-state index contributed by atoms with van der Waals surface area (Å²) in [4.78, 5) is 28.8. The van der Waals surface area contributed by atoms with Crippen LogP contribution in [0.5, 0.6) is 0 Å². The van der Waals surface area contributed by atoms with Crippen LogP contribution in [-0.2, 0) is 0 Å². The fourth-order valence-corrected chi connectivity index (χ4v) is 2.98. The van der Waals surface area contributed by atoms with E-state index < -0.39 is 0 Å². The van der Waals surface area contributed by atoms with Crippen LogP contribution < -0.4 is 5.32 Å². The SMILES string of the molecule is CC(=O)c1cccc(NC(=O)c2cn(-c3ccccc3)nc2-c2cccnc2)c1. The lowest BCUT2D eigenvalue weighted by Gasteiger charge is -2.06. The molecule has 0 unspecified atom stereocenters. The molecule has 2 aromatic heterocycles. The van der Waals surface area contributed by atoms with E-state index in [2.05, 4.69) is 15.4 Å². The van der Waals surface area contributed by atoms with E-state index >= 15 is 0 Å². The van der Waals surface area contributed by atoms with Gasteiger partial charge in [-0.1, -0.05) is 30.3 Å². The van der Waals surface area contributed by atoms with Gasteiger partial charge in [0, 0.05) is 35.4 Å². The number of hydrogen-bond acceptors (Lipinski definition) is 4. The summed E-state index contributed by atoms with van der Waals surface area (Å²) in [6.07, 6.45) is 5.04. The van der Waals surface area contributed by atoms with Crippen LogP contribution in [0.4, 0.5) is 5.69 Å². The van der Waals surface area contributed by atoms with Gasteiger partial charge >= 0.3 is 0 Å². The minimum absolute atomic E-state index is 0.0611. The maximum Gasteiger partial charge on any atom is 0.259 e. The largest absolute Gasteiger partial charge is 0.322 e. The molecule has 6 nitrogen and oxygen atoms in total. The summed E-state index contributed by atoms with van der Waals surface area (Å²) in [5.41, 5.74) is 3.61. The maximum absolute atomic E-state index is 13.1. The zero-order chi connectivity index (χ0) is 20.2. The molecule has 0 aliphatic carbocycles. The third-order valence-corrected chi connectivity index (χ3v) is 4.44. The van der Waals surface area contributed by atoms with Crippen LogP contribution in [0.2, 0.25) is 0 Å². The van der Waals surface area contributed by atoms with Gasteiger partial charge in [-0.05, 0) is 43.3 Å². The second-order valence-corrected chi connectivity index (χ2v) is 6.50. The van der Waals surface area contributed by atoms with Gasteiger partial charge in [0.1, 0.15) is 5.69 Å². The number of carbonyl (C=O) groups is 2. The van der Waals surface area contributed by atoms with E-state index in [1.807, 2.05) is 36.4 Å². The molecule has 1 N–H and O–H groups in total. The van der Waals surface area contributed by atoms with Crippen molar-refractivity contribution in [2.45, 2.75) is 6.92 Å². The Morgan fingerprint density at radius 2 is 1.79 bits per heavy atom. The van der Waals surface area contributed by atoms with Crippen molar-refractivity contribution in [3.8, 4) is 16.9 Å². The summed E-state index contributed by atoms with van der Waals surface area (Å²) in [5.74, 6) is -0.374. The summed E-state index contributed by atoms with van der Waals surface area (Å²) in [5, 5.41) is 7.48. The minimum Gasteiger partial charge on any atom is -0.322 e. The third kappa shape index (κ3) is 3.96. The number of para-hydroxylation sites is 1. The molecule has 2 aromatic carbocycles. The zero-order valence-electron chi connectivity index (χ0n) is 15.7. The highest BCUT2D eigenvalue weighted by atomic mass is 16.1. The topological polar surface area (TPSA) is 76.9 Å². The molecule has 0 atom stereocenters. The highest BCUT2D eigenvalue weighted by Crippen LogP contribution is 2.24. The van der Waals surface area contributed by atoms with E-state index in [0.717, 1.165) is 11.3 Å². The average Bonchev–Trinajstić information content (AvgIpc) is 3.21. The van der Waals surface area contributed by atoms with E-state index in [4.69, 9.17) is 0 Å². The van der Waals surface area contributed by atoms with Crippen LogP contribution in [0.1, 0.15) is 27.6 Å². The lowest BCUT2D eigenvalue weighted by molar-refractivity contribution is 0.101. The number of anilines is 1. The second kappa shape index (κ2) is 7.90. The molecule has 6 heteroatoms. The molecule has 0 radical (unpaired) electrons. The molecule has 0 bridgehead atoms. The molecule has 0 aliphatic rings. The number of nitrogens with one attached hydrogen (secondary N) is 1. The van der Waals surface area contributed by atoms with Gasteiger partial charge in [0.2, 0.25) is 0 Å². The molecule has 29 heavy (non-hydrogen) atoms. The number of carbonyl (C=O) groups excluding carboxylic acids is 2. The number of ketones is 1. The average molecular weight is 382 g/mol. The summed E-state index contributed by atoms with van der Waals surface area (Å²) < 4.78 is 1.67. The summed E-state index contributed by atoms with van der Waals surface area (Å²) in [6, 6.07) is 20.1. The van der Waals surface area contributed by atoms with E-state index in [1.165, 1.54) is 6.92 Å². The molecule has 0 saturated carbocycles. The molecule has 4 rings (SSSR count). The Kier molecular flexibility index (Phi) is 4.99. The Hall–Kier alpha value is -4.06. The first-order valence-electron chi connectivity index (χ1n) is 9.09. The number of pyridine rings is 1. The van der Waals surface area contributed by atoms with Crippen molar-refractivity contribution in [3.63, 3.8) is 0 Å². The van der Waals surface area contributed by atoms with Crippen molar-refractivity contribution in [2.75, 3.05) is 5.32 Å². The number of aromatic nitrogens is 3. The Labute approximate surface area is 167 Å². The van der Waals surface area contributed by atoms with Gasteiger partial charge in [-0.25, -0.2) is 4.68 Å². The predicted octanol–water partition coefficient (Wildman–Crippen LogP) is 4.39. The minimum atomic E-state index is -0.313. The van der Waals surface area contributed by atoms with Gasteiger partial charge in [0.15, 0.2) is 5.78 Å². The lowest BCUT2D eigenvalue weighted by atomic mass is 10.1. The Bertz CT molecular complexity index is 1170. The van der Waals surface area contributed by atoms with Crippen molar-refractivity contribution < 1.29 is 9.59 Å². The summed E-state index contributed by atoms with van der Waals surface area (Å²) >= 11 is 0. The highest BCUT2D eigenvalue weighted by molar-refractivity contribution is 6.08. The van der Waals surface area contributed by atoms with Gasteiger partial charge in [-0.15, -0.1) is 0 Å². The smallest absolute Gasteiger partial charge is 0.259 e. The summed E-state index contributed by atoms with van der Waals surface area (Å²) in [7, 11) is 0. The number of nitrogens with zero attached hydrogens (tertiary/aromatic N) is 3. The monoisotopic (exact) mass is 382 g/mol. The maximum atomic E-state index is 13.1. The molecule has 4 aromatic rings. The van der Waals surface area contributed by atoms with Crippen molar-refractivity contribution >= 4 is 17.4 Å². The van der Waals surface area contributed by atoms with Crippen molar-refractivity contribution in [2.24, 2.45) is 0 Å². The highest BCUT2D eigenvalue weighted by Gasteiger charge is 2.19. The fourth-order valence-electron chi connectivity index (χ4n) is 2.98. The van der Waals surface area contributed by atoms with E-state index in [-0.39, 0.29) is 11.7 Å². The molecular formula is C23H18N4O2. The Morgan fingerprint density at radius 1 is 0.966 bits per heavy atom. The first-order chi connectivity index (χ1) is 14.1. The molecule has 0 saturated heterocycles. The third-order valence-electron chi connectivity index (χ3n) is 4.44. The van der Waals surface area contributed by atoms with Crippen LogP contribution in [0.3, 0.4) is 0 Å². The predicted molar refractivity (Wildman–Crippen MR) is 111 cm³/mol. The summed E-state index contributed by atoms with van der Waals surface area (Å²) in [6.45, 7) is 1.49. The van der Waals surface area contributed by atoms with E-state index in [1.54, 1.807) is 53.6 Å². The van der Waals surface area contributed by atoms with Crippen LogP contribution in [-0.4, -0.2) is 26.5 Å². The van der Waals surface area contributed by atoms with E-state index in [9.17, 15) is 9.59 Å². The first-order valence-corrected chi connectivity index (χ1v) is 9.09. The molecule has 0 aliphatic heterocycles. The molecule has 1 amide bonds. The second-order valence-electron chi connectivity index (χ2n) is 6.50. The number of Topliss-reactive ketones (excluding diaryl/α,β-unsaturated/α-hetero) is 1. The normalized spacial score (nSPS) is 10.5. The van der Waals surface area contributed by atoms with Gasteiger partial charge in [0.25, 0.3) is 5.91 Å². The Balaban J connectivity index is 1.73. The van der Waals surface area contributed by atoms with Gasteiger partial charge < -0.3 is 5.32 Å². The molecule has 0 spiro atoms. The van der Waals surface area contributed by atoms with Crippen molar-refractivity contribution in [1.29, 1.82) is 0 Å². The van der Waals surface area contributed by atoms with Gasteiger partial charge in [-0.3, -0.25) is 14.6 Å². The molecule has 142 valence electrons. The zero-order valence-corrected chi connectivity index (χ0v) is 15.7. The molecule has 0 fully saturated rings. The number of amides is 1. The van der Waals surface area contributed by atoms with Crippen LogP contribution in [0.15, 0.2) is 85.3 Å². The fraction of sp³-hybridized carbons (Fsp3) is 0.0435. The Morgan fingerprint density at radius 3 is 2.52 bits per heavy atom. The van der Waals surface area contributed by atoms with Gasteiger partial charge in [0.05, 0.1) is 11.3 Å². The van der Waals surface area contributed by atoms with Crippen LogP contribution in [0.25, 0.3) is 16.9 Å². The number of benzene rings is 2. The number of hydrogen-bond donors (Lipinski definition) is 1. The van der Waals surface area contributed by atoms with Crippen molar-refractivity contribution in [3.05, 3.63) is 96.4 Å². The standard InChI is InChI=1S/C23H18N4O2/c1-16(28)17-7-5-9-19(13-17)25-23(29)21-15-27(20-10-3-2-4-11-20)26-22(21)18-8-6-12-24-14-18/h2-15H,1H3,(H,25,29). The lowest BCUT2D eigenvalue weighted by Crippen LogP contribution is -2.12. The quantitative estimate of drug-likeness (QED) is 0.519. The van der Waals surface area contributed by atoms with Crippen LogP contribution >= 0.6 is 0 Å². The number of rotatable bonds is 5. The van der Waals surface area contributed by atoms with E-state index in [0.29, 0.717) is 22.5 Å².